The Hall–Kier alpha value is -1.84. The normalized spacial score (nSPS) is 11.9. The molecule has 2 rings (SSSR count). The van der Waals surface area contributed by atoms with Gasteiger partial charge in [0.15, 0.2) is 0 Å². The second-order valence-electron chi connectivity index (χ2n) is 4.84. The highest BCUT2D eigenvalue weighted by atomic mass is 16.6. The van der Waals surface area contributed by atoms with Crippen LogP contribution in [0.1, 0.15) is 26.5 Å². The standard InChI is InChI=1S/C12H13NO3/c1-12(2,3)11-7-8-6-9(13(14)15)4-5-10(8)16-11/h4-7H,1-3H3. The van der Waals surface area contributed by atoms with Gasteiger partial charge in [0.2, 0.25) is 0 Å². The largest absolute Gasteiger partial charge is 0.461 e. The number of benzene rings is 1. The van der Waals surface area contributed by atoms with Gasteiger partial charge in [0, 0.05) is 22.9 Å². The first-order valence-corrected chi connectivity index (χ1v) is 5.06. The zero-order valence-electron chi connectivity index (χ0n) is 9.48. The summed E-state index contributed by atoms with van der Waals surface area (Å²) < 4.78 is 5.64. The first-order chi connectivity index (χ1) is 7.38. The molecule has 0 bridgehead atoms. The van der Waals surface area contributed by atoms with Gasteiger partial charge in [-0.05, 0) is 12.1 Å². The lowest BCUT2D eigenvalue weighted by Gasteiger charge is -2.13. The zero-order chi connectivity index (χ0) is 11.9. The summed E-state index contributed by atoms with van der Waals surface area (Å²) >= 11 is 0. The maximum absolute atomic E-state index is 10.6. The first-order valence-electron chi connectivity index (χ1n) is 5.06. The van der Waals surface area contributed by atoms with E-state index in [2.05, 4.69) is 0 Å². The van der Waals surface area contributed by atoms with E-state index < -0.39 is 4.92 Å². The van der Waals surface area contributed by atoms with Crippen LogP contribution >= 0.6 is 0 Å². The van der Waals surface area contributed by atoms with E-state index in [9.17, 15) is 10.1 Å². The van der Waals surface area contributed by atoms with E-state index in [1.807, 2.05) is 26.8 Å². The lowest BCUT2D eigenvalue weighted by atomic mass is 9.93. The molecule has 0 saturated carbocycles. The Morgan fingerprint density at radius 3 is 2.50 bits per heavy atom. The molecule has 1 aromatic carbocycles. The molecule has 2 aromatic rings. The van der Waals surface area contributed by atoms with E-state index in [-0.39, 0.29) is 11.1 Å². The molecule has 0 aliphatic carbocycles. The smallest absolute Gasteiger partial charge is 0.270 e. The Kier molecular flexibility index (Phi) is 2.22. The topological polar surface area (TPSA) is 56.3 Å². The predicted molar refractivity (Wildman–Crippen MR) is 61.6 cm³/mol. The Morgan fingerprint density at radius 1 is 1.25 bits per heavy atom. The minimum absolute atomic E-state index is 0.0895. The number of nitro benzene ring substituents is 1. The summed E-state index contributed by atoms with van der Waals surface area (Å²) in [4.78, 5) is 10.2. The minimum Gasteiger partial charge on any atom is -0.461 e. The highest BCUT2D eigenvalue weighted by Gasteiger charge is 2.19. The summed E-state index contributed by atoms with van der Waals surface area (Å²) in [7, 11) is 0. The van der Waals surface area contributed by atoms with Gasteiger partial charge in [-0.1, -0.05) is 20.8 Å². The van der Waals surface area contributed by atoms with E-state index in [4.69, 9.17) is 4.42 Å². The summed E-state index contributed by atoms with van der Waals surface area (Å²) in [6.45, 7) is 6.12. The van der Waals surface area contributed by atoms with Crippen molar-refractivity contribution in [2.75, 3.05) is 0 Å². The van der Waals surface area contributed by atoms with Gasteiger partial charge >= 0.3 is 0 Å². The molecule has 0 aliphatic heterocycles. The van der Waals surface area contributed by atoms with Crippen molar-refractivity contribution in [3.63, 3.8) is 0 Å². The molecule has 1 aromatic heterocycles. The van der Waals surface area contributed by atoms with E-state index in [0.29, 0.717) is 5.58 Å². The van der Waals surface area contributed by atoms with Crippen LogP contribution in [0.2, 0.25) is 0 Å². The molecule has 1 heterocycles. The van der Waals surface area contributed by atoms with Crippen molar-refractivity contribution in [3.8, 4) is 0 Å². The molecule has 0 N–H and O–H groups in total. The lowest BCUT2D eigenvalue weighted by molar-refractivity contribution is -0.384. The number of furan rings is 1. The van der Waals surface area contributed by atoms with Crippen LogP contribution in [0.5, 0.6) is 0 Å². The second kappa shape index (κ2) is 3.33. The van der Waals surface area contributed by atoms with Crippen molar-refractivity contribution in [3.05, 3.63) is 40.1 Å². The average molecular weight is 219 g/mol. The molecule has 0 fully saturated rings. The van der Waals surface area contributed by atoms with Crippen LogP contribution in [0.3, 0.4) is 0 Å². The van der Waals surface area contributed by atoms with Gasteiger partial charge in [-0.3, -0.25) is 10.1 Å². The van der Waals surface area contributed by atoms with Crippen LogP contribution in [0, 0.1) is 10.1 Å². The number of non-ortho nitro benzene ring substituents is 1. The molecular weight excluding hydrogens is 206 g/mol. The second-order valence-corrected chi connectivity index (χ2v) is 4.84. The van der Waals surface area contributed by atoms with Crippen molar-refractivity contribution in [1.82, 2.24) is 0 Å². The van der Waals surface area contributed by atoms with Gasteiger partial charge in [-0.25, -0.2) is 0 Å². The van der Waals surface area contributed by atoms with Crippen LogP contribution in [-0.2, 0) is 5.41 Å². The fourth-order valence-corrected chi connectivity index (χ4v) is 1.51. The SMILES string of the molecule is CC(C)(C)c1cc2cc([N+](=O)[O-])ccc2o1. The molecule has 16 heavy (non-hydrogen) atoms. The van der Waals surface area contributed by atoms with Crippen molar-refractivity contribution >= 4 is 16.7 Å². The first kappa shape index (κ1) is 10.7. The Balaban J connectivity index is 2.59. The lowest BCUT2D eigenvalue weighted by Crippen LogP contribution is -2.08. The monoisotopic (exact) mass is 219 g/mol. The quantitative estimate of drug-likeness (QED) is 0.543. The Labute approximate surface area is 93.0 Å². The van der Waals surface area contributed by atoms with E-state index >= 15 is 0 Å². The van der Waals surface area contributed by atoms with Crippen molar-refractivity contribution in [2.45, 2.75) is 26.2 Å². The molecule has 84 valence electrons. The van der Waals surface area contributed by atoms with Gasteiger partial charge in [-0.2, -0.15) is 0 Å². The minimum atomic E-state index is -0.400. The molecule has 0 aliphatic rings. The Morgan fingerprint density at radius 2 is 1.94 bits per heavy atom. The van der Waals surface area contributed by atoms with E-state index in [0.717, 1.165) is 11.1 Å². The van der Waals surface area contributed by atoms with Crippen LogP contribution in [0.4, 0.5) is 5.69 Å². The molecule has 0 amide bonds. The fourth-order valence-electron chi connectivity index (χ4n) is 1.51. The van der Waals surface area contributed by atoms with Gasteiger partial charge in [0.25, 0.3) is 5.69 Å². The number of rotatable bonds is 1. The molecule has 4 heteroatoms. The highest BCUT2D eigenvalue weighted by molar-refractivity contribution is 5.80. The zero-order valence-corrected chi connectivity index (χ0v) is 9.48. The number of fused-ring (bicyclic) bond motifs is 1. The third-order valence-electron chi connectivity index (χ3n) is 2.45. The van der Waals surface area contributed by atoms with Gasteiger partial charge in [0.05, 0.1) is 4.92 Å². The van der Waals surface area contributed by atoms with E-state index in [1.165, 1.54) is 12.1 Å². The van der Waals surface area contributed by atoms with Crippen LogP contribution in [0.25, 0.3) is 11.0 Å². The molecule has 0 unspecified atom stereocenters. The predicted octanol–water partition coefficient (Wildman–Crippen LogP) is 3.64. The number of nitro groups is 1. The maximum atomic E-state index is 10.6. The highest BCUT2D eigenvalue weighted by Crippen LogP contribution is 2.30. The molecular formula is C12H13NO3. The van der Waals surface area contributed by atoms with E-state index in [1.54, 1.807) is 6.07 Å². The number of nitrogens with zero attached hydrogens (tertiary/aromatic N) is 1. The third kappa shape index (κ3) is 1.78. The van der Waals surface area contributed by atoms with Gasteiger partial charge in [-0.15, -0.1) is 0 Å². The summed E-state index contributed by atoms with van der Waals surface area (Å²) in [6, 6.07) is 6.50. The fraction of sp³-hybridized carbons (Fsp3) is 0.333. The molecule has 0 radical (unpaired) electrons. The van der Waals surface area contributed by atoms with Crippen LogP contribution in [0.15, 0.2) is 28.7 Å². The van der Waals surface area contributed by atoms with Crippen molar-refractivity contribution in [2.24, 2.45) is 0 Å². The Bertz CT molecular complexity index is 549. The van der Waals surface area contributed by atoms with Gasteiger partial charge in [0.1, 0.15) is 11.3 Å². The number of hydrogen-bond donors (Lipinski definition) is 0. The molecule has 0 saturated heterocycles. The maximum Gasteiger partial charge on any atom is 0.270 e. The average Bonchev–Trinajstić information content (AvgIpc) is 2.58. The summed E-state index contributed by atoms with van der Waals surface area (Å²) in [5.74, 6) is 0.836. The van der Waals surface area contributed by atoms with Crippen molar-refractivity contribution in [1.29, 1.82) is 0 Å². The molecule has 0 atom stereocenters. The van der Waals surface area contributed by atoms with Crippen LogP contribution in [-0.4, -0.2) is 4.92 Å². The van der Waals surface area contributed by atoms with Gasteiger partial charge < -0.3 is 4.42 Å². The third-order valence-corrected chi connectivity index (χ3v) is 2.45. The summed E-state index contributed by atoms with van der Waals surface area (Å²) in [6.07, 6.45) is 0. The molecule has 4 nitrogen and oxygen atoms in total. The summed E-state index contributed by atoms with van der Waals surface area (Å²) in [5, 5.41) is 11.4. The summed E-state index contributed by atoms with van der Waals surface area (Å²) in [5.41, 5.74) is 0.692. The van der Waals surface area contributed by atoms with Crippen LogP contribution < -0.4 is 0 Å². The van der Waals surface area contributed by atoms with Crippen molar-refractivity contribution < 1.29 is 9.34 Å². The molecule has 0 spiro atoms. The number of hydrogen-bond acceptors (Lipinski definition) is 3.